The quantitative estimate of drug-likeness (QED) is 0.483. The summed E-state index contributed by atoms with van der Waals surface area (Å²) >= 11 is 0. The third kappa shape index (κ3) is 3.91. The molecule has 2 aromatic carbocycles. The zero-order valence-corrected chi connectivity index (χ0v) is 17.1. The monoisotopic (exact) mass is 404 g/mol. The number of nitrogens with one attached hydrogen (secondary N) is 1. The van der Waals surface area contributed by atoms with Crippen molar-refractivity contribution in [2.75, 3.05) is 13.7 Å². The van der Waals surface area contributed by atoms with Gasteiger partial charge in [0.2, 0.25) is 0 Å². The van der Waals surface area contributed by atoms with Crippen LogP contribution in [0.25, 0.3) is 5.69 Å². The topological polar surface area (TPSA) is 77.7 Å². The number of benzene rings is 2. The first kappa shape index (κ1) is 19.7. The zero-order chi connectivity index (χ0) is 20.9. The molecule has 0 fully saturated rings. The molecule has 0 atom stereocenters. The minimum Gasteiger partial charge on any atom is -0.493 e. The second-order valence-corrected chi connectivity index (χ2v) is 6.92. The van der Waals surface area contributed by atoms with Gasteiger partial charge in [-0.15, -0.1) is 0 Å². The maximum Gasteiger partial charge on any atom is 0.292 e. The Morgan fingerprint density at radius 1 is 1.20 bits per heavy atom. The molecule has 1 N–H and O–H groups in total. The van der Waals surface area contributed by atoms with Gasteiger partial charge in [-0.2, -0.15) is 10.2 Å². The van der Waals surface area contributed by atoms with Crippen molar-refractivity contribution in [3.05, 3.63) is 71.0 Å². The lowest BCUT2D eigenvalue weighted by atomic mass is 10.2. The Hall–Kier alpha value is -3.61. The predicted octanol–water partition coefficient (Wildman–Crippen LogP) is 3.53. The number of methoxy groups -OCH3 is 1. The summed E-state index contributed by atoms with van der Waals surface area (Å²) in [6, 6.07) is 15.4. The van der Waals surface area contributed by atoms with E-state index < -0.39 is 0 Å². The van der Waals surface area contributed by atoms with Crippen molar-refractivity contribution in [1.29, 1.82) is 0 Å². The maximum atomic E-state index is 12.8. The van der Waals surface area contributed by atoms with Gasteiger partial charge in [0.15, 0.2) is 17.2 Å². The van der Waals surface area contributed by atoms with Gasteiger partial charge >= 0.3 is 0 Å². The van der Waals surface area contributed by atoms with Gasteiger partial charge in [-0.1, -0.05) is 18.2 Å². The van der Waals surface area contributed by atoms with Gasteiger partial charge in [-0.3, -0.25) is 4.79 Å². The fourth-order valence-corrected chi connectivity index (χ4v) is 3.66. The fourth-order valence-electron chi connectivity index (χ4n) is 3.66. The lowest BCUT2D eigenvalue weighted by molar-refractivity contribution is 0.0949. The first-order chi connectivity index (χ1) is 14.7. The summed E-state index contributed by atoms with van der Waals surface area (Å²) in [7, 11) is 1.59. The van der Waals surface area contributed by atoms with Gasteiger partial charge in [0.05, 0.1) is 25.6 Å². The van der Waals surface area contributed by atoms with E-state index in [0.717, 1.165) is 41.8 Å². The first-order valence-corrected chi connectivity index (χ1v) is 10.0. The van der Waals surface area contributed by atoms with Gasteiger partial charge in [0, 0.05) is 11.3 Å². The molecule has 0 spiro atoms. The zero-order valence-electron chi connectivity index (χ0n) is 17.1. The second-order valence-electron chi connectivity index (χ2n) is 6.92. The molecule has 30 heavy (non-hydrogen) atoms. The Morgan fingerprint density at radius 3 is 2.80 bits per heavy atom. The van der Waals surface area contributed by atoms with Crippen LogP contribution in [0.5, 0.6) is 11.5 Å². The number of carbonyl (C=O) groups is 1. The number of nitrogens with zero attached hydrogens (tertiary/aromatic N) is 3. The number of hydrogen-bond acceptors (Lipinski definition) is 5. The van der Waals surface area contributed by atoms with Gasteiger partial charge in [0.25, 0.3) is 5.91 Å². The van der Waals surface area contributed by atoms with E-state index in [2.05, 4.69) is 15.6 Å². The largest absolute Gasteiger partial charge is 0.493 e. The molecule has 1 amide bonds. The Balaban J connectivity index is 1.51. The Labute approximate surface area is 175 Å². The van der Waals surface area contributed by atoms with Crippen molar-refractivity contribution in [1.82, 2.24) is 15.2 Å². The van der Waals surface area contributed by atoms with E-state index in [1.807, 2.05) is 60.1 Å². The van der Waals surface area contributed by atoms with E-state index in [4.69, 9.17) is 9.47 Å². The van der Waals surface area contributed by atoms with Crippen molar-refractivity contribution >= 4 is 12.1 Å². The highest BCUT2D eigenvalue weighted by Gasteiger charge is 2.26. The van der Waals surface area contributed by atoms with Gasteiger partial charge in [-0.25, -0.2) is 10.1 Å². The minimum atomic E-state index is -0.308. The summed E-state index contributed by atoms with van der Waals surface area (Å²) in [5.41, 5.74) is 6.90. The summed E-state index contributed by atoms with van der Waals surface area (Å²) in [4.78, 5) is 12.8. The fraction of sp³-hybridized carbons (Fsp3) is 0.261. The molecule has 0 radical (unpaired) electrons. The predicted molar refractivity (Wildman–Crippen MR) is 115 cm³/mol. The highest BCUT2D eigenvalue weighted by molar-refractivity contribution is 5.95. The first-order valence-electron chi connectivity index (χ1n) is 10.0. The Kier molecular flexibility index (Phi) is 5.79. The Bertz CT molecular complexity index is 1070. The van der Waals surface area contributed by atoms with Crippen LogP contribution in [-0.2, 0) is 12.8 Å². The molecule has 0 saturated carbocycles. The number of amides is 1. The molecule has 0 aliphatic heterocycles. The SMILES string of the molecule is CCOc1ccc(/C=N/NC(=O)c2nn(-c3ccccc3)c3c2CCC3)cc1OC. The van der Waals surface area contributed by atoms with E-state index in [1.54, 1.807) is 13.3 Å². The van der Waals surface area contributed by atoms with Crippen LogP contribution in [0.4, 0.5) is 0 Å². The molecule has 0 saturated heterocycles. The molecule has 7 nitrogen and oxygen atoms in total. The summed E-state index contributed by atoms with van der Waals surface area (Å²) in [5, 5.41) is 8.69. The highest BCUT2D eigenvalue weighted by atomic mass is 16.5. The highest BCUT2D eigenvalue weighted by Crippen LogP contribution is 2.28. The van der Waals surface area contributed by atoms with Crippen LogP contribution >= 0.6 is 0 Å². The van der Waals surface area contributed by atoms with Crippen LogP contribution in [0.3, 0.4) is 0 Å². The molecule has 1 aliphatic rings. The number of carbonyl (C=O) groups excluding carboxylic acids is 1. The van der Waals surface area contributed by atoms with Crippen molar-refractivity contribution < 1.29 is 14.3 Å². The normalized spacial score (nSPS) is 12.7. The number of hydrogen-bond donors (Lipinski definition) is 1. The van der Waals surface area contributed by atoms with E-state index in [9.17, 15) is 4.79 Å². The molecule has 1 heterocycles. The van der Waals surface area contributed by atoms with Crippen molar-refractivity contribution in [2.45, 2.75) is 26.2 Å². The van der Waals surface area contributed by atoms with Gasteiger partial charge < -0.3 is 9.47 Å². The summed E-state index contributed by atoms with van der Waals surface area (Å²) in [6.07, 6.45) is 4.37. The van der Waals surface area contributed by atoms with Crippen LogP contribution < -0.4 is 14.9 Å². The molecular weight excluding hydrogens is 380 g/mol. The van der Waals surface area contributed by atoms with Crippen molar-refractivity contribution in [3.8, 4) is 17.2 Å². The van der Waals surface area contributed by atoms with Gasteiger partial charge in [0.1, 0.15) is 0 Å². The summed E-state index contributed by atoms with van der Waals surface area (Å²) < 4.78 is 12.7. The van der Waals surface area contributed by atoms with E-state index >= 15 is 0 Å². The molecule has 3 aromatic rings. The smallest absolute Gasteiger partial charge is 0.292 e. The van der Waals surface area contributed by atoms with Crippen molar-refractivity contribution in [3.63, 3.8) is 0 Å². The van der Waals surface area contributed by atoms with Gasteiger partial charge in [-0.05, 0) is 62.1 Å². The number of fused-ring (bicyclic) bond motifs is 1. The third-order valence-electron chi connectivity index (χ3n) is 5.01. The summed E-state index contributed by atoms with van der Waals surface area (Å²) in [6.45, 7) is 2.47. The molecular formula is C23H24N4O3. The molecule has 7 heteroatoms. The molecule has 1 aliphatic carbocycles. The van der Waals surface area contributed by atoms with Crippen LogP contribution in [0.2, 0.25) is 0 Å². The molecule has 0 bridgehead atoms. The van der Waals surface area contributed by atoms with Crippen LogP contribution in [0, 0.1) is 0 Å². The number of rotatable bonds is 7. The maximum absolute atomic E-state index is 12.8. The van der Waals surface area contributed by atoms with Crippen molar-refractivity contribution in [2.24, 2.45) is 5.10 Å². The minimum absolute atomic E-state index is 0.308. The van der Waals surface area contributed by atoms with E-state index in [1.165, 1.54) is 0 Å². The van der Waals surface area contributed by atoms with E-state index in [-0.39, 0.29) is 5.91 Å². The third-order valence-corrected chi connectivity index (χ3v) is 5.01. The number of aromatic nitrogens is 2. The molecule has 0 unspecified atom stereocenters. The second kappa shape index (κ2) is 8.82. The molecule has 154 valence electrons. The number of ether oxygens (including phenoxy) is 2. The lowest BCUT2D eigenvalue weighted by Gasteiger charge is -2.09. The average molecular weight is 404 g/mol. The molecule has 1 aromatic heterocycles. The number of para-hydroxylation sites is 1. The van der Waals surface area contributed by atoms with E-state index in [0.29, 0.717) is 23.8 Å². The molecule has 4 rings (SSSR count). The lowest BCUT2D eigenvalue weighted by Crippen LogP contribution is -2.20. The van der Waals surface area contributed by atoms with Crippen LogP contribution in [0.15, 0.2) is 53.6 Å². The van der Waals surface area contributed by atoms with Crippen LogP contribution in [0.1, 0.15) is 40.7 Å². The van der Waals surface area contributed by atoms with Crippen LogP contribution in [-0.4, -0.2) is 35.6 Å². The standard InChI is InChI=1S/C23H24N4O3/c1-3-30-20-13-12-16(14-21(20)29-2)15-24-25-23(28)22-18-10-7-11-19(18)27(26-22)17-8-5-4-6-9-17/h4-6,8-9,12-15H,3,7,10-11H2,1-2H3,(H,25,28)/b24-15+. The Morgan fingerprint density at radius 2 is 2.03 bits per heavy atom. The summed E-state index contributed by atoms with van der Waals surface area (Å²) in [5.74, 6) is 0.978. The number of hydrazone groups is 1. The average Bonchev–Trinajstić information content (AvgIpc) is 3.38.